The standard InChI is InChI=1S/C60H51N18O13P/c1-31-25-64-55(70-37-10-4-34(5-11-37)49(61)79)73-52(31)67-40-16-19-46-43(22-40)76(58(82)89-46)28-86-92(85,87-29-77-44-23-41(17-20-47(44)90-59(77)83)68-53-32(2)26-65-56(74-53)71-38-12-6-35(7-13-38)50(62)80)88-30-78-45-24-42(18-21-48(45)91-60(78)84)69-54-33(3)27-66-57(75-54)72-39-14-8-36(9-15-39)51(63)81/h4-27H,28-30H2,1-3H3,(H2,61,79)(H2,62,80)(H2,63,81)(H2,64,67,70,73)(H2,65,68,71,74)(H2,66,69,72,75). The van der Waals surface area contributed by atoms with Crippen LogP contribution in [0.2, 0.25) is 0 Å². The second-order valence-corrected chi connectivity index (χ2v) is 22.1. The first kappa shape index (κ1) is 60.0. The van der Waals surface area contributed by atoms with E-state index in [-0.39, 0.29) is 51.1 Å². The number of phosphoric acid groups is 1. The average Bonchev–Trinajstić information content (AvgIpc) is 1.65. The number of amides is 3. The lowest BCUT2D eigenvalue weighted by atomic mass is 10.2. The van der Waals surface area contributed by atoms with Gasteiger partial charge < -0.3 is 62.4 Å². The van der Waals surface area contributed by atoms with E-state index in [9.17, 15) is 28.8 Å². The number of nitrogens with one attached hydrogen (secondary N) is 6. The molecule has 32 heteroatoms. The van der Waals surface area contributed by atoms with Gasteiger partial charge in [-0.1, -0.05) is 0 Å². The van der Waals surface area contributed by atoms with Gasteiger partial charge in [-0.15, -0.1) is 0 Å². The van der Waals surface area contributed by atoms with Gasteiger partial charge in [-0.3, -0.25) is 28.0 Å². The summed E-state index contributed by atoms with van der Waals surface area (Å²) in [5.74, 6) is -2.79. The molecular formula is C60H51N18O13P. The monoisotopic (exact) mass is 1260 g/mol. The van der Waals surface area contributed by atoms with Gasteiger partial charge in [0.1, 0.15) is 37.6 Å². The Labute approximate surface area is 516 Å². The van der Waals surface area contributed by atoms with Gasteiger partial charge in [0.05, 0.1) is 16.6 Å². The predicted molar refractivity (Wildman–Crippen MR) is 337 cm³/mol. The number of aryl methyl sites for hydroxylation is 3. The van der Waals surface area contributed by atoms with Crippen LogP contribution in [-0.4, -0.2) is 61.3 Å². The molecule has 0 unspecified atom stereocenters. The van der Waals surface area contributed by atoms with Gasteiger partial charge in [0.2, 0.25) is 35.6 Å². The number of oxazole rings is 3. The molecule has 0 bridgehead atoms. The molecule has 6 heterocycles. The van der Waals surface area contributed by atoms with Crippen molar-refractivity contribution in [3.05, 3.63) is 211 Å². The summed E-state index contributed by atoms with van der Waals surface area (Å²) in [7, 11) is -5.07. The van der Waals surface area contributed by atoms with Crippen molar-refractivity contribution in [3.8, 4) is 0 Å². The summed E-state index contributed by atoms with van der Waals surface area (Å²) in [5, 5.41) is 18.9. The third-order valence-electron chi connectivity index (χ3n) is 14.0. The van der Waals surface area contributed by atoms with Crippen molar-refractivity contribution in [1.82, 2.24) is 43.6 Å². The largest absolute Gasteiger partial charge is 0.480 e. The van der Waals surface area contributed by atoms with Crippen molar-refractivity contribution < 1.29 is 45.8 Å². The molecule has 6 aromatic carbocycles. The average molecular weight is 1260 g/mol. The van der Waals surface area contributed by atoms with Crippen LogP contribution in [0.25, 0.3) is 33.3 Å². The van der Waals surface area contributed by atoms with E-state index in [0.29, 0.717) is 85.0 Å². The Morgan fingerprint density at radius 3 is 0.935 bits per heavy atom. The first-order valence-corrected chi connectivity index (χ1v) is 29.0. The molecule has 0 saturated carbocycles. The van der Waals surface area contributed by atoms with Gasteiger partial charge >= 0.3 is 25.1 Å². The number of phosphoric ester groups is 1. The molecular weight excluding hydrogens is 1210 g/mol. The molecule has 0 fully saturated rings. The number of hydrogen-bond donors (Lipinski definition) is 9. The van der Waals surface area contributed by atoms with Crippen LogP contribution in [0.5, 0.6) is 0 Å². The molecule has 31 nitrogen and oxygen atoms in total. The summed E-state index contributed by atoms with van der Waals surface area (Å²) in [6, 6.07) is 33.3. The van der Waals surface area contributed by atoms with Crippen LogP contribution >= 0.6 is 7.82 Å². The van der Waals surface area contributed by atoms with Gasteiger partial charge in [-0.25, -0.2) is 47.6 Å². The third-order valence-corrected chi connectivity index (χ3v) is 15.3. The number of carbonyl (C=O) groups excluding carboxylic acids is 3. The van der Waals surface area contributed by atoms with E-state index in [1.54, 1.807) is 149 Å². The van der Waals surface area contributed by atoms with Crippen molar-refractivity contribution in [2.75, 3.05) is 31.9 Å². The smallest absolute Gasteiger partial charge is 0.408 e. The molecule has 3 amide bonds. The van der Waals surface area contributed by atoms with Crippen LogP contribution in [0.4, 0.5) is 69.4 Å². The molecule has 0 aliphatic carbocycles. The molecule has 0 aliphatic heterocycles. The summed E-state index contributed by atoms with van der Waals surface area (Å²) < 4.78 is 52.8. The molecule has 0 spiro atoms. The highest BCUT2D eigenvalue weighted by molar-refractivity contribution is 7.48. The summed E-state index contributed by atoms with van der Waals surface area (Å²) in [6.07, 6.45) is 4.75. The van der Waals surface area contributed by atoms with Crippen LogP contribution in [0.1, 0.15) is 47.8 Å². The van der Waals surface area contributed by atoms with Crippen LogP contribution in [0.15, 0.2) is 174 Å². The van der Waals surface area contributed by atoms with E-state index in [1.165, 1.54) is 18.2 Å². The number of primary amides is 3. The van der Waals surface area contributed by atoms with Gasteiger partial charge in [0.25, 0.3) is 0 Å². The zero-order valence-electron chi connectivity index (χ0n) is 48.5. The summed E-state index contributed by atoms with van der Waals surface area (Å²) in [6.45, 7) is 2.81. The molecule has 0 atom stereocenters. The van der Waals surface area contributed by atoms with Gasteiger partial charge in [0, 0.05) is 86.1 Å². The number of nitrogens with two attached hydrogens (primary N) is 3. The van der Waals surface area contributed by atoms with Crippen molar-refractivity contribution in [3.63, 3.8) is 0 Å². The number of fused-ring (bicyclic) bond motifs is 3. The quantitative estimate of drug-likeness (QED) is 0.0255. The normalized spacial score (nSPS) is 11.5. The Kier molecular flexibility index (Phi) is 16.3. The summed E-state index contributed by atoms with van der Waals surface area (Å²) >= 11 is 0. The number of anilines is 12. The van der Waals surface area contributed by atoms with E-state index in [2.05, 4.69) is 61.8 Å². The Morgan fingerprint density at radius 2 is 0.674 bits per heavy atom. The summed E-state index contributed by atoms with van der Waals surface area (Å²) in [4.78, 5) is 103. The number of carbonyl (C=O) groups is 3. The van der Waals surface area contributed by atoms with E-state index in [0.717, 1.165) is 13.7 Å². The minimum absolute atomic E-state index is 0.102. The Bertz CT molecular complexity index is 4600. The fourth-order valence-corrected chi connectivity index (χ4v) is 10.1. The number of nitrogens with zero attached hydrogens (tertiary/aromatic N) is 9. The van der Waals surface area contributed by atoms with E-state index < -0.39 is 63.0 Å². The second-order valence-electron chi connectivity index (χ2n) is 20.4. The molecule has 12 aromatic rings. The van der Waals surface area contributed by atoms with Crippen LogP contribution in [0.3, 0.4) is 0 Å². The molecule has 0 aliphatic rings. The Hall–Kier alpha value is -12.3. The lowest BCUT2D eigenvalue weighted by Gasteiger charge is -2.18. The number of rotatable bonds is 24. The Morgan fingerprint density at radius 1 is 0.413 bits per heavy atom. The maximum Gasteiger partial charge on any atom is 0.480 e. The fourth-order valence-electron chi connectivity index (χ4n) is 9.12. The van der Waals surface area contributed by atoms with E-state index in [1.807, 2.05) is 0 Å². The molecule has 6 aromatic heterocycles. The molecule has 464 valence electrons. The van der Waals surface area contributed by atoms with Crippen LogP contribution in [-0.2, 0) is 38.3 Å². The van der Waals surface area contributed by atoms with Crippen LogP contribution in [0, 0.1) is 20.8 Å². The van der Waals surface area contributed by atoms with Crippen molar-refractivity contribution in [2.45, 2.75) is 41.0 Å². The SMILES string of the molecule is Cc1cnc(Nc2ccc(C(N)=O)cc2)nc1Nc1ccc2oc(=O)n(COP(=O)(OCn3c(=O)oc4ccc(Nc5nc(Nc6ccc(C(N)=O)cc6)ncc5C)cc43)OCn3c(=O)oc4ccc(Nc5nc(Nc6ccc(C(N)=O)cc6)ncc5C)cc43)c2c1. The molecule has 12 N–H and O–H groups in total. The Balaban J connectivity index is 0.818. The van der Waals surface area contributed by atoms with Gasteiger partial charge in [-0.2, -0.15) is 15.0 Å². The lowest BCUT2D eigenvalue weighted by molar-refractivity contribution is 0.0522. The lowest BCUT2D eigenvalue weighted by Crippen LogP contribution is -2.20. The van der Waals surface area contributed by atoms with E-state index in [4.69, 9.17) is 44.0 Å². The first-order chi connectivity index (χ1) is 44.3. The molecule has 0 saturated heterocycles. The maximum absolute atomic E-state index is 15.2. The zero-order valence-corrected chi connectivity index (χ0v) is 49.4. The minimum atomic E-state index is -5.07. The summed E-state index contributed by atoms with van der Waals surface area (Å²) in [5.41, 5.74) is 22.9. The van der Waals surface area contributed by atoms with E-state index >= 15 is 4.57 Å². The molecule has 92 heavy (non-hydrogen) atoms. The van der Waals surface area contributed by atoms with Crippen molar-refractivity contribution >= 4 is 128 Å². The maximum atomic E-state index is 15.2. The topological polar surface area (TPSA) is 429 Å². The van der Waals surface area contributed by atoms with Crippen molar-refractivity contribution in [2.24, 2.45) is 17.2 Å². The number of hydrogen-bond acceptors (Lipinski definition) is 25. The predicted octanol–water partition coefficient (Wildman–Crippen LogP) is 8.89. The van der Waals surface area contributed by atoms with Gasteiger partial charge in [-0.05, 0) is 148 Å². The van der Waals surface area contributed by atoms with Crippen molar-refractivity contribution in [1.29, 1.82) is 0 Å². The highest BCUT2D eigenvalue weighted by Crippen LogP contribution is 2.51. The molecule has 12 rings (SSSR count). The third kappa shape index (κ3) is 13.3. The number of aromatic nitrogens is 9. The molecule has 0 radical (unpaired) electrons. The van der Waals surface area contributed by atoms with Crippen LogP contribution < -0.4 is 66.4 Å². The number of benzene rings is 6. The highest BCUT2D eigenvalue weighted by Gasteiger charge is 2.31. The van der Waals surface area contributed by atoms with Gasteiger partial charge in [0.15, 0.2) is 16.7 Å². The fraction of sp³-hybridized carbons (Fsp3) is 0.100. The highest BCUT2D eigenvalue weighted by atomic mass is 31.2. The second kappa shape index (κ2) is 25.1. The minimum Gasteiger partial charge on any atom is -0.408 e. The first-order valence-electron chi connectivity index (χ1n) is 27.5. The zero-order chi connectivity index (χ0) is 64.4.